The molecule has 19 heteroatoms. The second-order valence-corrected chi connectivity index (χ2v) is 26.7. The Balaban J connectivity index is 5.45. The van der Waals surface area contributed by atoms with Gasteiger partial charge in [0.15, 0.2) is 12.2 Å². The summed E-state index contributed by atoms with van der Waals surface area (Å²) in [6.45, 7) is 4.43. The van der Waals surface area contributed by atoms with Crippen LogP contribution in [0.25, 0.3) is 0 Å². The quantitative estimate of drug-likeness (QED) is 0.0169. The van der Waals surface area contributed by atoms with Crippen LogP contribution in [0.15, 0.2) is 134 Å². The number of aliphatic hydroxyl groups excluding tert-OH is 1. The molecule has 0 saturated carbocycles. The average Bonchev–Trinajstić information content (AvgIpc) is 1.85. The van der Waals surface area contributed by atoms with Gasteiger partial charge in [0.1, 0.15) is 19.3 Å². The molecule has 0 aliphatic heterocycles. The number of aliphatic hydroxyl groups is 1. The second-order valence-electron chi connectivity index (χ2n) is 23.8. The van der Waals surface area contributed by atoms with E-state index in [1.165, 1.54) is 51.4 Å². The van der Waals surface area contributed by atoms with Crippen LogP contribution in [0.1, 0.15) is 272 Å². The normalized spacial score (nSPS) is 14.8. The molecule has 0 aliphatic rings. The van der Waals surface area contributed by atoms with E-state index in [1.54, 1.807) is 0 Å². The van der Waals surface area contributed by atoms with Crippen LogP contribution in [0.5, 0.6) is 0 Å². The predicted molar refractivity (Wildman–Crippen MR) is 390 cm³/mol. The molecular formula is C77H128O17P2. The van der Waals surface area contributed by atoms with Crippen molar-refractivity contribution < 1.29 is 80.2 Å². The predicted octanol–water partition coefficient (Wildman–Crippen LogP) is 20.5. The smallest absolute Gasteiger partial charge is 0.462 e. The molecular weight excluding hydrogens is 1260 g/mol. The number of esters is 4. The maximum atomic E-state index is 13.0. The van der Waals surface area contributed by atoms with E-state index < -0.39 is 97.5 Å². The molecule has 548 valence electrons. The van der Waals surface area contributed by atoms with Crippen LogP contribution in [0.4, 0.5) is 0 Å². The lowest BCUT2D eigenvalue weighted by Crippen LogP contribution is -2.30. The Morgan fingerprint density at radius 2 is 0.562 bits per heavy atom. The molecule has 3 N–H and O–H groups in total. The number of hydrogen-bond acceptors (Lipinski definition) is 15. The molecule has 0 amide bonds. The first-order valence-electron chi connectivity index (χ1n) is 36.4. The Kier molecular flexibility index (Phi) is 65.3. The van der Waals surface area contributed by atoms with Gasteiger partial charge in [-0.1, -0.05) is 258 Å². The third kappa shape index (κ3) is 67.8. The summed E-state index contributed by atoms with van der Waals surface area (Å²) in [5.74, 6) is -2.33. The Bertz CT molecular complexity index is 2350. The molecule has 0 aromatic heterocycles. The molecule has 0 rings (SSSR count). The molecule has 0 bridgehead atoms. The summed E-state index contributed by atoms with van der Waals surface area (Å²) in [4.78, 5) is 72.6. The van der Waals surface area contributed by atoms with Crippen LogP contribution in [0.2, 0.25) is 0 Å². The van der Waals surface area contributed by atoms with Gasteiger partial charge in [-0.15, -0.1) is 0 Å². The second kappa shape index (κ2) is 68.7. The van der Waals surface area contributed by atoms with Crippen molar-refractivity contribution in [3.05, 3.63) is 134 Å². The minimum absolute atomic E-state index is 0.000811. The highest BCUT2D eigenvalue weighted by Gasteiger charge is 2.30. The summed E-state index contributed by atoms with van der Waals surface area (Å²) in [5, 5.41) is 10.6. The zero-order valence-corrected chi connectivity index (χ0v) is 61.3. The number of ether oxygens (including phenoxy) is 4. The van der Waals surface area contributed by atoms with Gasteiger partial charge in [-0.2, -0.15) is 0 Å². The van der Waals surface area contributed by atoms with Crippen molar-refractivity contribution in [2.24, 2.45) is 0 Å². The van der Waals surface area contributed by atoms with Crippen LogP contribution >= 0.6 is 15.6 Å². The van der Waals surface area contributed by atoms with Crippen LogP contribution in [-0.4, -0.2) is 96.7 Å². The number of rotatable bonds is 67. The summed E-state index contributed by atoms with van der Waals surface area (Å²) >= 11 is 0. The van der Waals surface area contributed by atoms with Crippen molar-refractivity contribution >= 4 is 39.5 Å². The molecule has 96 heavy (non-hydrogen) atoms. The number of phosphoric acid groups is 2. The van der Waals surface area contributed by atoms with Crippen LogP contribution in [0, 0.1) is 0 Å². The minimum atomic E-state index is -5.00. The summed E-state index contributed by atoms with van der Waals surface area (Å²) in [6, 6.07) is 0. The highest BCUT2D eigenvalue weighted by molar-refractivity contribution is 7.47. The third-order valence-corrected chi connectivity index (χ3v) is 16.5. The van der Waals surface area contributed by atoms with Gasteiger partial charge in [0.25, 0.3) is 0 Å². The minimum Gasteiger partial charge on any atom is -0.462 e. The first kappa shape index (κ1) is 91.2. The van der Waals surface area contributed by atoms with Crippen molar-refractivity contribution in [3.63, 3.8) is 0 Å². The summed E-state index contributed by atoms with van der Waals surface area (Å²) in [5.41, 5.74) is 0. The first-order chi connectivity index (χ1) is 46.7. The third-order valence-electron chi connectivity index (χ3n) is 14.6. The van der Waals surface area contributed by atoms with E-state index >= 15 is 0 Å². The van der Waals surface area contributed by atoms with Crippen molar-refractivity contribution in [2.45, 2.75) is 290 Å². The van der Waals surface area contributed by atoms with E-state index in [-0.39, 0.29) is 25.7 Å². The maximum Gasteiger partial charge on any atom is 0.472 e. The van der Waals surface area contributed by atoms with E-state index in [0.29, 0.717) is 38.5 Å². The lowest BCUT2D eigenvalue weighted by atomic mass is 10.1. The molecule has 0 aliphatic carbocycles. The summed E-state index contributed by atoms with van der Waals surface area (Å²) < 4.78 is 68.2. The van der Waals surface area contributed by atoms with E-state index in [9.17, 15) is 43.2 Å². The molecule has 5 unspecified atom stereocenters. The monoisotopic (exact) mass is 1390 g/mol. The van der Waals surface area contributed by atoms with Gasteiger partial charge < -0.3 is 33.8 Å². The largest absolute Gasteiger partial charge is 0.472 e. The fraction of sp³-hybridized carbons (Fsp3) is 0.662. The zero-order chi connectivity index (χ0) is 70.4. The van der Waals surface area contributed by atoms with Gasteiger partial charge in [0.2, 0.25) is 0 Å². The molecule has 0 aromatic rings. The number of carbonyl (C=O) groups is 4. The number of hydrogen-bond donors (Lipinski definition) is 3. The van der Waals surface area contributed by atoms with Gasteiger partial charge in [-0.25, -0.2) is 9.13 Å². The lowest BCUT2D eigenvalue weighted by Gasteiger charge is -2.21. The number of carbonyl (C=O) groups excluding carboxylic acids is 4. The average molecular weight is 1390 g/mol. The van der Waals surface area contributed by atoms with Crippen molar-refractivity contribution in [2.75, 3.05) is 39.6 Å². The van der Waals surface area contributed by atoms with Gasteiger partial charge in [0, 0.05) is 25.7 Å². The van der Waals surface area contributed by atoms with Gasteiger partial charge in [-0.3, -0.25) is 37.3 Å². The molecule has 0 radical (unpaired) electrons. The van der Waals surface area contributed by atoms with Crippen molar-refractivity contribution in [1.82, 2.24) is 0 Å². The maximum absolute atomic E-state index is 13.0. The molecule has 17 nitrogen and oxygen atoms in total. The Morgan fingerprint density at radius 1 is 0.302 bits per heavy atom. The molecule has 0 fully saturated rings. The Morgan fingerprint density at radius 3 is 0.927 bits per heavy atom. The van der Waals surface area contributed by atoms with Crippen LogP contribution < -0.4 is 0 Å². The molecule has 0 heterocycles. The van der Waals surface area contributed by atoms with Crippen LogP contribution in [0.3, 0.4) is 0 Å². The van der Waals surface area contributed by atoms with E-state index in [2.05, 4.69) is 137 Å². The first-order valence-corrected chi connectivity index (χ1v) is 39.4. The van der Waals surface area contributed by atoms with E-state index in [0.717, 1.165) is 128 Å². The lowest BCUT2D eigenvalue weighted by molar-refractivity contribution is -0.161. The molecule has 0 saturated heterocycles. The highest BCUT2D eigenvalue weighted by Crippen LogP contribution is 2.45. The van der Waals surface area contributed by atoms with Crippen molar-refractivity contribution in [3.8, 4) is 0 Å². The highest BCUT2D eigenvalue weighted by atomic mass is 31.2. The fourth-order valence-electron chi connectivity index (χ4n) is 9.09. The molecule has 0 aromatic carbocycles. The number of phosphoric ester groups is 2. The molecule has 0 spiro atoms. The standard InChI is InChI=1S/C77H128O17P2/c1-5-9-13-17-21-25-29-31-33-35-37-39-43-46-50-54-58-62-75(80)88-68-73(94-77(82)64-60-56-52-48-44-40-38-36-34-32-30-26-22-18-14-10-6-2)70-92-96(85,86)90-66-71(78)65-89-95(83,84)91-69-72(93-76(81)63-59-55-51-47-42-28-24-20-16-12-8-4)67-87-74(79)61-57-53-49-45-41-27-23-19-15-11-7-3/h9-10,13-14,19,21-23,25-26,31-34,37-40,46,48,50,52,71-73,78H,5-8,11-12,15-18,20,24,27-30,35-36,41-45,47,49,51,53-70H2,1-4H3,(H,83,84)(H,85,86)/b13-9-,14-10-,23-19-,25-21-,26-22-,33-31-,34-32-,39-37-,40-38-,50-46-,52-48-. The van der Waals surface area contributed by atoms with Crippen LogP contribution in [-0.2, 0) is 65.4 Å². The van der Waals surface area contributed by atoms with Crippen molar-refractivity contribution in [1.29, 1.82) is 0 Å². The van der Waals surface area contributed by atoms with E-state index in [1.807, 2.05) is 24.3 Å². The Hall–Kier alpha value is -4.80. The topological polar surface area (TPSA) is 237 Å². The summed E-state index contributed by atoms with van der Waals surface area (Å²) in [7, 11) is -9.98. The number of unbranched alkanes of at least 4 members (excludes halogenated alkanes) is 19. The molecule has 5 atom stereocenters. The Labute approximate surface area is 580 Å². The van der Waals surface area contributed by atoms with Gasteiger partial charge in [0.05, 0.1) is 26.4 Å². The fourth-order valence-corrected chi connectivity index (χ4v) is 10.7. The summed E-state index contributed by atoms with van der Waals surface area (Å²) in [6.07, 6.45) is 74.8. The van der Waals surface area contributed by atoms with E-state index in [4.69, 9.17) is 37.0 Å². The van der Waals surface area contributed by atoms with Gasteiger partial charge >= 0.3 is 39.5 Å². The number of allylic oxidation sites excluding steroid dienone is 22. The SMILES string of the molecule is CC/C=C\C/C=C\C/C=C\C/C=C\C/C=C\CCCC(=O)OCC(COP(=O)(O)OCC(O)COP(=O)(O)OCC(COC(=O)CCCCCCC/C=C\CCCC)OC(=O)CCCCCCCCCCCCC)OC(=O)CCC/C=C\C/C=C\C/C=C\C/C=C\C/C=C\CC. The van der Waals surface area contributed by atoms with Gasteiger partial charge in [-0.05, 0) is 122 Å². The zero-order valence-electron chi connectivity index (χ0n) is 59.5.